The van der Waals surface area contributed by atoms with Crippen LogP contribution in [0.1, 0.15) is 46.7 Å². The van der Waals surface area contributed by atoms with Crippen LogP contribution in [0, 0.1) is 39.5 Å². The summed E-state index contributed by atoms with van der Waals surface area (Å²) in [6.07, 6.45) is -6.16. The summed E-state index contributed by atoms with van der Waals surface area (Å²) in [5, 5.41) is 61.0. The average Bonchev–Trinajstić information content (AvgIpc) is 2.82. The van der Waals surface area contributed by atoms with E-state index in [0.29, 0.717) is 6.42 Å². The van der Waals surface area contributed by atoms with E-state index in [1.807, 2.05) is 32.9 Å². The lowest BCUT2D eigenvalue weighted by Gasteiger charge is -2.35. The number of hydrogen-bond acceptors (Lipinski definition) is 6. The van der Waals surface area contributed by atoms with Gasteiger partial charge in [0, 0.05) is 0 Å². The Morgan fingerprint density at radius 2 is 1.15 bits per heavy atom. The molecule has 0 aliphatic rings. The molecule has 0 aliphatic heterocycles. The number of hydrogen-bond donors (Lipinski definition) is 6. The Balaban J connectivity index is 2.24. The molecule has 2 aromatic rings. The second kappa shape index (κ2) is 12.8. The molecule has 0 amide bonds. The quantitative estimate of drug-likeness (QED) is 0.280. The van der Waals surface area contributed by atoms with Gasteiger partial charge < -0.3 is 30.6 Å². The van der Waals surface area contributed by atoms with Crippen molar-refractivity contribution in [3.8, 4) is 0 Å². The molecule has 0 saturated carbocycles. The Morgan fingerprint density at radius 1 is 0.647 bits per heavy atom. The molecule has 2 rings (SSSR count). The van der Waals surface area contributed by atoms with Gasteiger partial charge in [0.1, 0.15) is 24.4 Å². The Bertz CT molecular complexity index is 914. The first-order valence-corrected chi connectivity index (χ1v) is 12.1. The summed E-state index contributed by atoms with van der Waals surface area (Å²) in [6, 6.07) is 12.5. The zero-order valence-corrected chi connectivity index (χ0v) is 21.0. The third-order valence-corrected chi connectivity index (χ3v) is 7.30. The number of benzene rings is 2. The van der Waals surface area contributed by atoms with Crippen molar-refractivity contribution in [2.24, 2.45) is 11.8 Å². The fourth-order valence-corrected chi connectivity index (χ4v) is 4.42. The Hall–Kier alpha value is -1.80. The predicted molar refractivity (Wildman–Crippen MR) is 134 cm³/mol. The molecule has 6 heteroatoms. The van der Waals surface area contributed by atoms with Gasteiger partial charge in [0.25, 0.3) is 0 Å². The van der Waals surface area contributed by atoms with Crippen molar-refractivity contribution in [3.05, 3.63) is 69.8 Å². The van der Waals surface area contributed by atoms with Gasteiger partial charge in [-0.2, -0.15) is 0 Å². The molecule has 0 aliphatic carbocycles. The maximum atomic E-state index is 11.1. The fourth-order valence-electron chi connectivity index (χ4n) is 4.42. The van der Waals surface area contributed by atoms with Crippen LogP contribution in [0.4, 0.5) is 0 Å². The van der Waals surface area contributed by atoms with Crippen molar-refractivity contribution in [2.45, 2.75) is 84.4 Å². The molecule has 190 valence electrons. The van der Waals surface area contributed by atoms with Crippen molar-refractivity contribution in [3.63, 3.8) is 0 Å². The topological polar surface area (TPSA) is 121 Å². The van der Waals surface area contributed by atoms with Gasteiger partial charge in [0.2, 0.25) is 0 Å². The largest absolute Gasteiger partial charge is 0.394 e. The molecule has 3 unspecified atom stereocenters. The highest BCUT2D eigenvalue weighted by molar-refractivity contribution is 5.31. The second-order valence-electron chi connectivity index (χ2n) is 9.93. The summed E-state index contributed by atoms with van der Waals surface area (Å²) in [7, 11) is 0. The molecule has 2 aromatic carbocycles. The first-order chi connectivity index (χ1) is 16.0. The van der Waals surface area contributed by atoms with E-state index in [9.17, 15) is 25.5 Å². The lowest BCUT2D eigenvalue weighted by molar-refractivity contribution is -0.152. The van der Waals surface area contributed by atoms with Crippen LogP contribution in [0.2, 0.25) is 0 Å². The predicted octanol–water partition coefficient (Wildman–Crippen LogP) is 2.14. The number of rotatable bonds is 12. The van der Waals surface area contributed by atoms with E-state index in [0.717, 1.165) is 24.0 Å². The van der Waals surface area contributed by atoms with Crippen LogP contribution in [-0.2, 0) is 12.8 Å². The summed E-state index contributed by atoms with van der Waals surface area (Å²) in [5.41, 5.74) is 6.99. The molecule has 0 bridgehead atoms. The normalized spacial score (nSPS) is 18.1. The minimum atomic E-state index is -1.80. The minimum Gasteiger partial charge on any atom is -0.394 e. The molecule has 7 atom stereocenters. The molecular formula is C28H42O6. The van der Waals surface area contributed by atoms with Crippen LogP contribution in [-0.4, -0.2) is 67.8 Å². The van der Waals surface area contributed by atoms with E-state index in [-0.39, 0.29) is 5.92 Å². The molecule has 0 spiro atoms. The van der Waals surface area contributed by atoms with Gasteiger partial charge in [-0.15, -0.1) is 0 Å². The van der Waals surface area contributed by atoms with Crippen LogP contribution in [0.3, 0.4) is 0 Å². The molecule has 0 fully saturated rings. The summed E-state index contributed by atoms with van der Waals surface area (Å²) < 4.78 is 0. The van der Waals surface area contributed by atoms with E-state index < -0.39 is 43.0 Å². The molecule has 0 heterocycles. The minimum absolute atomic E-state index is 0.0139. The van der Waals surface area contributed by atoms with Crippen molar-refractivity contribution in [2.75, 3.05) is 6.61 Å². The zero-order chi connectivity index (χ0) is 25.6. The molecule has 0 saturated heterocycles. The van der Waals surface area contributed by atoms with Gasteiger partial charge in [0.05, 0.1) is 12.7 Å². The highest BCUT2D eigenvalue weighted by Crippen LogP contribution is 2.29. The maximum absolute atomic E-state index is 11.1. The average molecular weight is 475 g/mol. The summed E-state index contributed by atoms with van der Waals surface area (Å²) in [4.78, 5) is 0. The number of aryl methyl sites for hydroxylation is 5. The highest BCUT2D eigenvalue weighted by Gasteiger charge is 2.39. The van der Waals surface area contributed by atoms with Crippen molar-refractivity contribution >= 4 is 0 Å². The summed E-state index contributed by atoms with van der Waals surface area (Å²) in [5.74, 6) is -0.420. The lowest BCUT2D eigenvalue weighted by Crippen LogP contribution is -2.52. The van der Waals surface area contributed by atoms with E-state index in [4.69, 9.17) is 5.11 Å². The fraction of sp³-hybridized carbons (Fsp3) is 0.571. The molecule has 34 heavy (non-hydrogen) atoms. The summed E-state index contributed by atoms with van der Waals surface area (Å²) in [6.45, 7) is 9.47. The maximum Gasteiger partial charge on any atom is 0.111 e. The third-order valence-electron chi connectivity index (χ3n) is 7.30. The van der Waals surface area contributed by atoms with Crippen molar-refractivity contribution in [1.29, 1.82) is 0 Å². The molecular weight excluding hydrogens is 432 g/mol. The van der Waals surface area contributed by atoms with E-state index in [1.165, 1.54) is 22.3 Å². The first kappa shape index (κ1) is 28.4. The van der Waals surface area contributed by atoms with Crippen molar-refractivity contribution < 1.29 is 30.6 Å². The van der Waals surface area contributed by atoms with Crippen LogP contribution in [0.25, 0.3) is 0 Å². The van der Waals surface area contributed by atoms with Crippen LogP contribution < -0.4 is 0 Å². The SMILES string of the molecule is Cc1ccc(CCC(C)C(Cc2ccc(C)c(C)c2)C(O)[C@@H](O)[C@@H](O)[C@H](O)[C@@H](O)CO)cc1C. The van der Waals surface area contributed by atoms with E-state index in [2.05, 4.69) is 38.1 Å². The second-order valence-corrected chi connectivity index (χ2v) is 9.93. The standard InChI is InChI=1S/C28H42O6/c1-16-6-9-21(12-19(16)4)10-8-18(3)23(14-22-11-7-17(2)20(5)13-22)25(31)27(33)28(34)26(32)24(30)15-29/h6-7,9,11-13,18,23-34H,8,10,14-15H2,1-5H3/t18?,23?,24-,25?,26+,27+,28-/m0/s1. The zero-order valence-electron chi connectivity index (χ0n) is 21.0. The molecule has 6 N–H and O–H groups in total. The van der Waals surface area contributed by atoms with E-state index >= 15 is 0 Å². The van der Waals surface area contributed by atoms with Crippen LogP contribution in [0.15, 0.2) is 36.4 Å². The Kier molecular flexibility index (Phi) is 10.7. The summed E-state index contributed by atoms with van der Waals surface area (Å²) >= 11 is 0. The van der Waals surface area contributed by atoms with Gasteiger partial charge in [-0.3, -0.25) is 0 Å². The number of aliphatic hydroxyl groups excluding tert-OH is 6. The monoisotopic (exact) mass is 474 g/mol. The molecule has 0 radical (unpaired) electrons. The van der Waals surface area contributed by atoms with Crippen molar-refractivity contribution in [1.82, 2.24) is 0 Å². The van der Waals surface area contributed by atoms with Crippen LogP contribution in [0.5, 0.6) is 0 Å². The first-order valence-electron chi connectivity index (χ1n) is 12.1. The van der Waals surface area contributed by atoms with Gasteiger partial charge >= 0.3 is 0 Å². The smallest absolute Gasteiger partial charge is 0.111 e. The highest BCUT2D eigenvalue weighted by atomic mass is 16.4. The molecule has 6 nitrogen and oxygen atoms in total. The van der Waals surface area contributed by atoms with Gasteiger partial charge in [-0.25, -0.2) is 0 Å². The lowest BCUT2D eigenvalue weighted by atomic mass is 9.77. The van der Waals surface area contributed by atoms with Gasteiger partial charge in [-0.05, 0) is 92.2 Å². The number of aliphatic hydroxyl groups is 6. The van der Waals surface area contributed by atoms with Crippen LogP contribution >= 0.6 is 0 Å². The molecule has 0 aromatic heterocycles. The Morgan fingerprint density at radius 3 is 1.68 bits per heavy atom. The Labute approximate surface area is 203 Å². The van der Waals surface area contributed by atoms with Gasteiger partial charge in [-0.1, -0.05) is 43.3 Å². The third kappa shape index (κ3) is 7.35. The van der Waals surface area contributed by atoms with Gasteiger partial charge in [0.15, 0.2) is 0 Å². The van der Waals surface area contributed by atoms with E-state index in [1.54, 1.807) is 0 Å².